The number of ether oxygens (including phenoxy) is 2. The molecule has 1 saturated carbocycles. The molecule has 7 rings (SSSR count). The quantitative estimate of drug-likeness (QED) is 0.521. The predicted molar refractivity (Wildman–Crippen MR) is 137 cm³/mol. The SMILES string of the molecule is Cn1c(=O)c2c(c3cc(Nc4cc(N5[C@@H]6CC[C@H]5COC6)ncc4F)ccc31)N[C@@H](C1CC1)C(F)(F)CO2. The molecule has 3 fully saturated rings. The standard InChI is InChI=1S/C27H28F3N5O3/c1-34-21-7-4-15(32-20-9-22(31-10-19(20)28)35-16-5-6-17(35)12-37-11-16)8-18(21)23-24(26(34)36)38-13-27(29,30)25(33-23)14-2-3-14/h4,7-10,14,16-17,25,33H,2-3,5-6,11-13H2,1H3,(H,31,32)/t16-,17+,25-/m0/s1. The van der Waals surface area contributed by atoms with E-state index in [0.717, 1.165) is 12.8 Å². The van der Waals surface area contributed by atoms with Gasteiger partial charge in [-0.1, -0.05) is 0 Å². The maximum Gasteiger partial charge on any atom is 0.301 e. The summed E-state index contributed by atoms with van der Waals surface area (Å²) in [7, 11) is 1.58. The Morgan fingerprint density at radius 1 is 1.13 bits per heavy atom. The maximum atomic E-state index is 14.9. The third-order valence-electron chi connectivity index (χ3n) is 8.24. The summed E-state index contributed by atoms with van der Waals surface area (Å²) in [6.07, 6.45) is 4.63. The number of pyridine rings is 2. The van der Waals surface area contributed by atoms with Gasteiger partial charge in [-0.15, -0.1) is 0 Å². The van der Waals surface area contributed by atoms with Gasteiger partial charge in [0.15, 0.2) is 12.4 Å². The maximum absolute atomic E-state index is 14.9. The van der Waals surface area contributed by atoms with Gasteiger partial charge in [-0.3, -0.25) is 4.79 Å². The van der Waals surface area contributed by atoms with Crippen molar-refractivity contribution in [2.45, 2.75) is 49.7 Å². The van der Waals surface area contributed by atoms with Gasteiger partial charge in [0.1, 0.15) is 5.82 Å². The number of aromatic nitrogens is 2. The van der Waals surface area contributed by atoms with E-state index in [4.69, 9.17) is 9.47 Å². The number of rotatable bonds is 4. The van der Waals surface area contributed by atoms with Crippen LogP contribution in [-0.2, 0) is 11.8 Å². The minimum Gasteiger partial charge on any atom is -0.480 e. The first-order valence-electron chi connectivity index (χ1n) is 13.0. The Bertz CT molecular complexity index is 1480. The molecule has 3 aliphatic heterocycles. The molecule has 0 amide bonds. The predicted octanol–water partition coefficient (Wildman–Crippen LogP) is 4.40. The highest BCUT2D eigenvalue weighted by molar-refractivity contribution is 5.97. The molecule has 1 aliphatic carbocycles. The summed E-state index contributed by atoms with van der Waals surface area (Å²) in [6, 6.07) is 6.20. The molecule has 8 nitrogen and oxygen atoms in total. The molecule has 0 spiro atoms. The highest BCUT2D eigenvalue weighted by Crippen LogP contribution is 2.45. The number of benzene rings is 1. The average molecular weight is 528 g/mol. The summed E-state index contributed by atoms with van der Waals surface area (Å²) in [4.78, 5) is 19.6. The van der Waals surface area contributed by atoms with Crippen molar-refractivity contribution in [2.24, 2.45) is 13.0 Å². The molecule has 3 atom stereocenters. The number of hydrogen-bond acceptors (Lipinski definition) is 7. The van der Waals surface area contributed by atoms with Crippen molar-refractivity contribution >= 4 is 33.8 Å². The third-order valence-corrected chi connectivity index (χ3v) is 8.24. The minimum absolute atomic E-state index is 0.125. The molecule has 4 aliphatic rings. The van der Waals surface area contributed by atoms with Crippen LogP contribution in [0.4, 0.5) is 36.1 Å². The molecule has 5 heterocycles. The lowest BCUT2D eigenvalue weighted by Gasteiger charge is -2.35. The van der Waals surface area contributed by atoms with Crippen molar-refractivity contribution in [2.75, 3.05) is 35.4 Å². The second-order valence-corrected chi connectivity index (χ2v) is 10.8. The molecule has 2 saturated heterocycles. The van der Waals surface area contributed by atoms with Crippen LogP contribution in [0.3, 0.4) is 0 Å². The van der Waals surface area contributed by atoms with Crippen LogP contribution in [0.25, 0.3) is 10.9 Å². The summed E-state index contributed by atoms with van der Waals surface area (Å²) in [5.41, 5.74) is 1.11. The topological polar surface area (TPSA) is 80.7 Å². The van der Waals surface area contributed by atoms with E-state index in [1.807, 2.05) is 0 Å². The molecular formula is C27H28F3N5O3. The van der Waals surface area contributed by atoms with Crippen molar-refractivity contribution in [1.82, 2.24) is 9.55 Å². The zero-order valence-corrected chi connectivity index (χ0v) is 20.8. The van der Waals surface area contributed by atoms with Gasteiger partial charge in [-0.2, -0.15) is 0 Å². The van der Waals surface area contributed by atoms with Crippen LogP contribution >= 0.6 is 0 Å². The lowest BCUT2D eigenvalue weighted by Crippen LogP contribution is -2.46. The number of alkyl halides is 2. The van der Waals surface area contributed by atoms with E-state index in [0.29, 0.717) is 48.5 Å². The van der Waals surface area contributed by atoms with Crippen LogP contribution in [0.2, 0.25) is 0 Å². The number of halogens is 3. The summed E-state index contributed by atoms with van der Waals surface area (Å²) in [5, 5.41) is 6.65. The van der Waals surface area contributed by atoms with Crippen molar-refractivity contribution in [3.8, 4) is 5.75 Å². The van der Waals surface area contributed by atoms with Gasteiger partial charge >= 0.3 is 5.92 Å². The van der Waals surface area contributed by atoms with E-state index in [2.05, 4.69) is 20.5 Å². The fourth-order valence-electron chi connectivity index (χ4n) is 6.11. The first-order valence-corrected chi connectivity index (χ1v) is 13.0. The van der Waals surface area contributed by atoms with Crippen LogP contribution in [-0.4, -0.2) is 53.4 Å². The Kier molecular flexibility index (Phi) is 5.30. The van der Waals surface area contributed by atoms with E-state index in [-0.39, 0.29) is 35.1 Å². The number of anilines is 4. The summed E-state index contributed by atoms with van der Waals surface area (Å²) in [5.74, 6) is -3.25. The molecule has 0 radical (unpaired) electrons. The number of nitrogens with one attached hydrogen (secondary N) is 2. The van der Waals surface area contributed by atoms with E-state index in [9.17, 15) is 18.0 Å². The summed E-state index contributed by atoms with van der Waals surface area (Å²) in [6.45, 7) is 0.396. The normalized spacial score (nSPS) is 25.9. The van der Waals surface area contributed by atoms with Crippen LogP contribution in [0.5, 0.6) is 5.75 Å². The van der Waals surface area contributed by atoms with Gasteiger partial charge in [0.25, 0.3) is 5.56 Å². The largest absolute Gasteiger partial charge is 0.480 e. The number of morpholine rings is 1. The average Bonchev–Trinajstić information content (AvgIpc) is 3.71. The van der Waals surface area contributed by atoms with Crippen molar-refractivity contribution in [3.05, 3.63) is 46.6 Å². The molecule has 2 N–H and O–H groups in total. The monoisotopic (exact) mass is 527 g/mol. The lowest BCUT2D eigenvalue weighted by molar-refractivity contribution is -0.0579. The van der Waals surface area contributed by atoms with Crippen LogP contribution < -0.4 is 25.8 Å². The number of aryl methyl sites for hydroxylation is 1. The molecule has 0 unspecified atom stereocenters. The second-order valence-electron chi connectivity index (χ2n) is 10.8. The van der Waals surface area contributed by atoms with Gasteiger partial charge in [0, 0.05) is 24.2 Å². The summed E-state index contributed by atoms with van der Waals surface area (Å²) < 4.78 is 57.2. The van der Waals surface area contributed by atoms with Crippen molar-refractivity contribution in [3.63, 3.8) is 0 Å². The zero-order chi connectivity index (χ0) is 26.2. The number of nitrogens with zero attached hydrogens (tertiary/aromatic N) is 3. The van der Waals surface area contributed by atoms with Gasteiger partial charge < -0.3 is 29.6 Å². The van der Waals surface area contributed by atoms with Crippen LogP contribution in [0.15, 0.2) is 35.3 Å². The van der Waals surface area contributed by atoms with Crippen LogP contribution in [0, 0.1) is 11.7 Å². The Hall–Kier alpha value is -3.47. The molecule has 38 heavy (non-hydrogen) atoms. The van der Waals surface area contributed by atoms with Gasteiger partial charge in [-0.25, -0.2) is 18.2 Å². The van der Waals surface area contributed by atoms with Crippen LogP contribution in [0.1, 0.15) is 25.7 Å². The first-order chi connectivity index (χ1) is 18.3. The highest BCUT2D eigenvalue weighted by Gasteiger charge is 2.51. The second kappa shape index (κ2) is 8.52. The van der Waals surface area contributed by atoms with Gasteiger partial charge in [-0.05, 0) is 49.8 Å². The van der Waals surface area contributed by atoms with Gasteiger partial charge in [0.2, 0.25) is 5.75 Å². The fourth-order valence-corrected chi connectivity index (χ4v) is 6.11. The molecule has 2 bridgehead atoms. The zero-order valence-electron chi connectivity index (χ0n) is 20.8. The van der Waals surface area contributed by atoms with E-state index in [1.54, 1.807) is 31.3 Å². The minimum atomic E-state index is -3.12. The molecule has 3 aromatic rings. The van der Waals surface area contributed by atoms with E-state index in [1.165, 1.54) is 10.8 Å². The third kappa shape index (κ3) is 3.78. The summed E-state index contributed by atoms with van der Waals surface area (Å²) >= 11 is 0. The molecule has 2 aromatic heterocycles. The highest BCUT2D eigenvalue weighted by atomic mass is 19.3. The first kappa shape index (κ1) is 23.6. The van der Waals surface area contributed by atoms with E-state index < -0.39 is 29.9 Å². The fraction of sp³-hybridized carbons (Fsp3) is 0.481. The smallest absolute Gasteiger partial charge is 0.301 e. The molecular weight excluding hydrogens is 499 g/mol. The Morgan fingerprint density at radius 2 is 1.89 bits per heavy atom. The number of hydrogen-bond donors (Lipinski definition) is 2. The van der Waals surface area contributed by atoms with Crippen molar-refractivity contribution in [1.29, 1.82) is 0 Å². The number of fused-ring (bicyclic) bond motifs is 5. The van der Waals surface area contributed by atoms with Crippen molar-refractivity contribution < 1.29 is 22.6 Å². The Morgan fingerprint density at radius 3 is 2.63 bits per heavy atom. The molecule has 1 aromatic carbocycles. The lowest BCUT2D eigenvalue weighted by atomic mass is 10.0. The van der Waals surface area contributed by atoms with E-state index >= 15 is 0 Å². The Balaban J connectivity index is 1.28. The molecule has 11 heteroatoms. The van der Waals surface area contributed by atoms with Gasteiger partial charge in [0.05, 0.1) is 54.4 Å². The molecule has 200 valence electrons. The Labute approximate surface area is 216 Å².